The van der Waals surface area contributed by atoms with E-state index in [9.17, 15) is 0 Å². The van der Waals surface area contributed by atoms with Gasteiger partial charge in [0.25, 0.3) is 0 Å². The summed E-state index contributed by atoms with van der Waals surface area (Å²) in [7, 11) is 0. The average Bonchev–Trinajstić information content (AvgIpc) is 2.71. The Morgan fingerprint density at radius 2 is 2.00 bits per heavy atom. The predicted molar refractivity (Wildman–Crippen MR) is 78.8 cm³/mol. The Morgan fingerprint density at radius 3 is 2.58 bits per heavy atom. The van der Waals surface area contributed by atoms with Gasteiger partial charge in [0.15, 0.2) is 0 Å². The first-order valence-corrected chi connectivity index (χ1v) is 7.25. The molecule has 0 bridgehead atoms. The lowest BCUT2D eigenvalue weighted by Gasteiger charge is -2.20. The van der Waals surface area contributed by atoms with Crippen molar-refractivity contribution < 1.29 is 0 Å². The van der Waals surface area contributed by atoms with E-state index in [-0.39, 0.29) is 0 Å². The highest BCUT2D eigenvalue weighted by molar-refractivity contribution is 5.47. The molecule has 0 aromatic carbocycles. The van der Waals surface area contributed by atoms with Crippen LogP contribution in [0, 0.1) is 11.8 Å². The van der Waals surface area contributed by atoms with Gasteiger partial charge < -0.3 is 10.7 Å². The highest BCUT2D eigenvalue weighted by Crippen LogP contribution is 2.33. The topological polar surface area (TPSA) is 75.9 Å². The van der Waals surface area contributed by atoms with E-state index >= 15 is 0 Å². The molecule has 1 aliphatic rings. The molecule has 4 N–H and O–H groups in total. The number of nitrogens with zero attached hydrogens (tertiary/aromatic N) is 2. The van der Waals surface area contributed by atoms with Gasteiger partial charge in [0, 0.05) is 18.5 Å². The summed E-state index contributed by atoms with van der Waals surface area (Å²) in [4.78, 5) is 8.94. The van der Waals surface area contributed by atoms with Gasteiger partial charge in [0.1, 0.15) is 17.5 Å². The number of anilines is 2. The van der Waals surface area contributed by atoms with E-state index < -0.39 is 0 Å². The van der Waals surface area contributed by atoms with E-state index in [0.29, 0.717) is 17.8 Å². The van der Waals surface area contributed by atoms with Crippen LogP contribution in [-0.4, -0.2) is 16.0 Å². The average molecular weight is 263 g/mol. The Balaban J connectivity index is 2.12. The SMILES string of the molecule is CCCc1nc(NN)cc(NC2CCC(C)C2C)n1. The second kappa shape index (κ2) is 6.19. The third kappa shape index (κ3) is 3.35. The number of hydrogen-bond acceptors (Lipinski definition) is 5. The lowest BCUT2D eigenvalue weighted by Crippen LogP contribution is -2.25. The van der Waals surface area contributed by atoms with Gasteiger partial charge >= 0.3 is 0 Å². The zero-order valence-electron chi connectivity index (χ0n) is 12.1. The fourth-order valence-corrected chi connectivity index (χ4v) is 2.74. The number of rotatable bonds is 5. The summed E-state index contributed by atoms with van der Waals surface area (Å²) < 4.78 is 0. The van der Waals surface area contributed by atoms with Gasteiger partial charge in [-0.15, -0.1) is 0 Å². The second-order valence-corrected chi connectivity index (χ2v) is 5.61. The second-order valence-electron chi connectivity index (χ2n) is 5.61. The normalized spacial score (nSPS) is 26.4. The summed E-state index contributed by atoms with van der Waals surface area (Å²) in [6.07, 6.45) is 4.40. The Morgan fingerprint density at radius 1 is 1.26 bits per heavy atom. The molecule has 1 aromatic rings. The number of nitrogens with two attached hydrogens (primary N) is 1. The Hall–Kier alpha value is -1.36. The highest BCUT2D eigenvalue weighted by Gasteiger charge is 2.29. The van der Waals surface area contributed by atoms with Crippen LogP contribution in [0.25, 0.3) is 0 Å². The Labute approximate surface area is 115 Å². The molecule has 0 spiro atoms. The first kappa shape index (κ1) is 14.1. The van der Waals surface area contributed by atoms with Crippen LogP contribution in [0.4, 0.5) is 11.6 Å². The van der Waals surface area contributed by atoms with Crippen LogP contribution in [0.5, 0.6) is 0 Å². The van der Waals surface area contributed by atoms with Gasteiger partial charge in [-0.05, 0) is 31.1 Å². The first-order chi connectivity index (χ1) is 9.13. The Kier molecular flexibility index (Phi) is 4.58. The van der Waals surface area contributed by atoms with E-state index in [1.807, 2.05) is 6.07 Å². The fourth-order valence-electron chi connectivity index (χ4n) is 2.74. The maximum Gasteiger partial charge on any atom is 0.145 e. The van der Waals surface area contributed by atoms with Crippen molar-refractivity contribution in [2.45, 2.75) is 52.5 Å². The van der Waals surface area contributed by atoms with Crippen molar-refractivity contribution in [2.75, 3.05) is 10.7 Å². The first-order valence-electron chi connectivity index (χ1n) is 7.25. The molecule has 1 aliphatic carbocycles. The Bertz CT molecular complexity index is 420. The quantitative estimate of drug-likeness (QED) is 0.562. The summed E-state index contributed by atoms with van der Waals surface area (Å²) in [6.45, 7) is 6.76. The van der Waals surface area contributed by atoms with Crippen molar-refractivity contribution in [3.05, 3.63) is 11.9 Å². The molecule has 1 heterocycles. The van der Waals surface area contributed by atoms with E-state index in [4.69, 9.17) is 5.84 Å². The smallest absolute Gasteiger partial charge is 0.145 e. The molecule has 1 aromatic heterocycles. The maximum absolute atomic E-state index is 5.47. The molecule has 2 rings (SSSR count). The highest BCUT2D eigenvalue weighted by atomic mass is 15.3. The summed E-state index contributed by atoms with van der Waals surface area (Å²) in [5, 5.41) is 3.55. The monoisotopic (exact) mass is 263 g/mol. The molecule has 1 saturated carbocycles. The molecule has 0 radical (unpaired) electrons. The minimum Gasteiger partial charge on any atom is -0.367 e. The lowest BCUT2D eigenvalue weighted by atomic mass is 9.98. The largest absolute Gasteiger partial charge is 0.367 e. The van der Waals surface area contributed by atoms with Crippen LogP contribution >= 0.6 is 0 Å². The van der Waals surface area contributed by atoms with E-state index in [1.54, 1.807) is 0 Å². The number of hydrazine groups is 1. The molecular formula is C14H25N5. The molecule has 3 atom stereocenters. The zero-order valence-corrected chi connectivity index (χ0v) is 12.1. The van der Waals surface area contributed by atoms with E-state index in [0.717, 1.165) is 30.4 Å². The molecule has 0 saturated heterocycles. The van der Waals surface area contributed by atoms with Gasteiger partial charge in [0.05, 0.1) is 0 Å². The summed E-state index contributed by atoms with van der Waals surface area (Å²) in [6, 6.07) is 2.39. The molecule has 3 unspecified atom stereocenters. The zero-order chi connectivity index (χ0) is 13.8. The third-order valence-electron chi connectivity index (χ3n) is 4.19. The third-order valence-corrected chi connectivity index (χ3v) is 4.19. The van der Waals surface area contributed by atoms with Crippen molar-refractivity contribution in [3.8, 4) is 0 Å². The summed E-state index contributed by atoms with van der Waals surface area (Å²) >= 11 is 0. The molecule has 19 heavy (non-hydrogen) atoms. The van der Waals surface area contributed by atoms with E-state index in [2.05, 4.69) is 41.5 Å². The van der Waals surface area contributed by atoms with Gasteiger partial charge in [0.2, 0.25) is 0 Å². The van der Waals surface area contributed by atoms with Gasteiger partial charge in [-0.25, -0.2) is 15.8 Å². The summed E-state index contributed by atoms with van der Waals surface area (Å²) in [5.41, 5.74) is 2.62. The van der Waals surface area contributed by atoms with Gasteiger partial charge in [-0.2, -0.15) is 0 Å². The van der Waals surface area contributed by atoms with Crippen LogP contribution < -0.4 is 16.6 Å². The van der Waals surface area contributed by atoms with Crippen molar-refractivity contribution in [3.63, 3.8) is 0 Å². The molecule has 0 aliphatic heterocycles. The standard InChI is InChI=1S/C14H25N5/c1-4-5-12-17-13(8-14(18-12)19-15)16-11-7-6-9(2)10(11)3/h8-11H,4-7,15H2,1-3H3,(H2,16,17,18,19). The maximum atomic E-state index is 5.47. The number of nitrogens with one attached hydrogen (secondary N) is 2. The number of aromatic nitrogens is 2. The minimum atomic E-state index is 0.505. The van der Waals surface area contributed by atoms with Gasteiger partial charge in [-0.3, -0.25) is 0 Å². The van der Waals surface area contributed by atoms with Gasteiger partial charge in [-0.1, -0.05) is 20.8 Å². The van der Waals surface area contributed by atoms with Crippen molar-refractivity contribution in [1.29, 1.82) is 0 Å². The van der Waals surface area contributed by atoms with Crippen molar-refractivity contribution in [2.24, 2.45) is 17.7 Å². The fraction of sp³-hybridized carbons (Fsp3) is 0.714. The molecule has 5 heteroatoms. The van der Waals surface area contributed by atoms with Crippen molar-refractivity contribution >= 4 is 11.6 Å². The lowest BCUT2D eigenvalue weighted by molar-refractivity contribution is 0.435. The number of aryl methyl sites for hydroxylation is 1. The number of nitrogen functional groups attached to an aromatic ring is 1. The predicted octanol–water partition coefficient (Wildman–Crippen LogP) is 2.56. The van der Waals surface area contributed by atoms with Crippen LogP contribution in [0.2, 0.25) is 0 Å². The van der Waals surface area contributed by atoms with Crippen LogP contribution in [-0.2, 0) is 6.42 Å². The molecule has 1 fully saturated rings. The molecular weight excluding hydrogens is 238 g/mol. The van der Waals surface area contributed by atoms with Crippen LogP contribution in [0.15, 0.2) is 6.07 Å². The van der Waals surface area contributed by atoms with Crippen LogP contribution in [0.3, 0.4) is 0 Å². The minimum absolute atomic E-state index is 0.505. The van der Waals surface area contributed by atoms with Crippen LogP contribution in [0.1, 0.15) is 45.9 Å². The molecule has 106 valence electrons. The number of hydrogen-bond donors (Lipinski definition) is 3. The van der Waals surface area contributed by atoms with Crippen molar-refractivity contribution in [1.82, 2.24) is 9.97 Å². The molecule has 0 amide bonds. The molecule has 5 nitrogen and oxygen atoms in total. The summed E-state index contributed by atoms with van der Waals surface area (Å²) in [5.74, 6) is 9.35. The van der Waals surface area contributed by atoms with E-state index in [1.165, 1.54) is 12.8 Å².